The summed E-state index contributed by atoms with van der Waals surface area (Å²) in [6.45, 7) is 60.9. The van der Waals surface area contributed by atoms with Crippen LogP contribution in [0.4, 0.5) is 0 Å². The molecular formula is C51H124ClN2O10Si6+. The van der Waals surface area contributed by atoms with Crippen LogP contribution in [0.15, 0.2) is 0 Å². The van der Waals surface area contributed by atoms with E-state index in [0.29, 0.717) is 65.3 Å². The predicted octanol–water partition coefficient (Wildman–Crippen LogP) is 13.8. The molecule has 0 aliphatic carbocycles. The monoisotopic (exact) mass is 1130 g/mol. The maximum absolute atomic E-state index is 7.12. The molecule has 0 bridgehead atoms. The van der Waals surface area contributed by atoms with E-state index >= 15 is 0 Å². The molecule has 0 aliphatic rings. The van der Waals surface area contributed by atoms with Crippen molar-refractivity contribution in [1.82, 2.24) is 4.90 Å². The molecule has 0 fully saturated rings. The molecule has 0 rings (SSSR count). The third kappa shape index (κ3) is 35.4. The Labute approximate surface area is 448 Å². The molecule has 0 unspecified atom stereocenters. The predicted molar refractivity (Wildman–Crippen MR) is 320 cm³/mol. The minimum Gasteiger partial charge on any atom is -0.436 e. The fourth-order valence-electron chi connectivity index (χ4n) is 5.97. The average Bonchev–Trinajstić information content (AvgIpc) is 3.13. The number of ether oxygens (including phenoxy) is 6. The van der Waals surface area contributed by atoms with Crippen molar-refractivity contribution in [2.75, 3.05) is 134 Å². The van der Waals surface area contributed by atoms with Crippen molar-refractivity contribution in [1.29, 1.82) is 0 Å². The molecule has 0 aromatic rings. The maximum Gasteiger partial charge on any atom is 0.314 e. The lowest BCUT2D eigenvalue weighted by Crippen LogP contribution is -2.59. The summed E-state index contributed by atoms with van der Waals surface area (Å²) >= 11 is 5.38. The van der Waals surface area contributed by atoms with Crippen LogP contribution in [0.1, 0.15) is 103 Å². The van der Waals surface area contributed by atoms with Gasteiger partial charge in [-0.15, -0.1) is 11.6 Å². The molecule has 0 aliphatic heterocycles. The Bertz CT molecular complexity index is 1240. The van der Waals surface area contributed by atoms with Crippen molar-refractivity contribution < 1.29 is 49.4 Å². The summed E-state index contributed by atoms with van der Waals surface area (Å²) in [5.74, 6) is 0.540. The average molecular weight is 1130 g/mol. The summed E-state index contributed by atoms with van der Waals surface area (Å²) in [5, 5.41) is 0.801. The smallest absolute Gasteiger partial charge is 0.314 e. The first-order valence-electron chi connectivity index (χ1n) is 26.0. The van der Waals surface area contributed by atoms with Gasteiger partial charge < -0.3 is 54.3 Å². The van der Waals surface area contributed by atoms with Gasteiger partial charge in [-0.1, -0.05) is 90.5 Å². The number of likely N-dealkylation sites (N-methyl/N-ethyl adjacent to an activating group) is 1. The number of methoxy groups -OCH3 is 2. The highest BCUT2D eigenvalue weighted by molar-refractivity contribution is 6.91. The zero-order valence-corrected chi connectivity index (χ0v) is 57.8. The summed E-state index contributed by atoms with van der Waals surface area (Å²) in [6.07, 6.45) is 2.26. The van der Waals surface area contributed by atoms with E-state index in [1.54, 1.807) is 14.2 Å². The number of quaternary nitrogens is 1. The lowest BCUT2D eigenvalue weighted by molar-refractivity contribution is -0.890. The summed E-state index contributed by atoms with van der Waals surface area (Å²) in [7, 11) is 0.135. The molecule has 0 atom stereocenters. The molecule has 0 aromatic carbocycles. The first-order valence-corrected chi connectivity index (χ1v) is 43.3. The number of nitrogens with zero attached hydrogens (tertiary/aromatic N) is 2. The van der Waals surface area contributed by atoms with E-state index in [1.807, 2.05) is 0 Å². The second kappa shape index (κ2) is 34.8. The Morgan fingerprint density at radius 3 is 0.957 bits per heavy atom. The molecule has 0 amide bonds. The summed E-state index contributed by atoms with van der Waals surface area (Å²) in [6, 6.07) is 2.13. The van der Waals surface area contributed by atoms with Gasteiger partial charge in [0.25, 0.3) is 0 Å². The molecule has 428 valence electrons. The van der Waals surface area contributed by atoms with Crippen LogP contribution in [-0.2, 0) is 44.9 Å². The Kier molecular flexibility index (Phi) is 38.6. The van der Waals surface area contributed by atoms with Gasteiger partial charge in [-0.2, -0.15) is 0 Å². The summed E-state index contributed by atoms with van der Waals surface area (Å²) in [4.78, 5) is 2.26. The fourth-order valence-corrected chi connectivity index (χ4v) is 32.6. The Hall–Kier alpha value is 1.11. The highest BCUT2D eigenvalue weighted by Crippen LogP contribution is 2.45. The van der Waals surface area contributed by atoms with Crippen LogP contribution in [0.25, 0.3) is 0 Å². The van der Waals surface area contributed by atoms with E-state index in [9.17, 15) is 0 Å². The van der Waals surface area contributed by atoms with Crippen molar-refractivity contribution >= 4 is 62.0 Å². The van der Waals surface area contributed by atoms with E-state index in [0.717, 1.165) is 55.7 Å². The van der Waals surface area contributed by atoms with E-state index in [2.05, 4.69) is 182 Å². The molecule has 12 nitrogen and oxygen atoms in total. The minimum atomic E-state index is -2.34. The molecule has 70 heavy (non-hydrogen) atoms. The molecular weight excluding hydrogens is 1000 g/mol. The first kappa shape index (κ1) is 77.6. The second-order valence-electron chi connectivity index (χ2n) is 26.2. The summed E-state index contributed by atoms with van der Waals surface area (Å²) in [5.41, 5.74) is 0. The number of alkyl halides is 1. The van der Waals surface area contributed by atoms with Crippen molar-refractivity contribution in [3.8, 4) is 0 Å². The zero-order chi connectivity index (χ0) is 54.9. The van der Waals surface area contributed by atoms with Crippen molar-refractivity contribution in [3.63, 3.8) is 0 Å². The van der Waals surface area contributed by atoms with Crippen LogP contribution in [0, 0.1) is 0 Å². The number of halogens is 1. The Balaban J connectivity index is -0.000000523. The van der Waals surface area contributed by atoms with Crippen molar-refractivity contribution in [2.24, 2.45) is 0 Å². The van der Waals surface area contributed by atoms with Crippen LogP contribution >= 0.6 is 11.6 Å². The molecule has 0 radical (unpaired) electrons. The maximum atomic E-state index is 7.12. The Morgan fingerprint density at radius 2 is 0.686 bits per heavy atom. The van der Waals surface area contributed by atoms with Gasteiger partial charge in [-0.25, -0.2) is 0 Å². The van der Waals surface area contributed by atoms with Gasteiger partial charge >= 0.3 is 17.1 Å². The Morgan fingerprint density at radius 1 is 0.414 bits per heavy atom. The van der Waals surface area contributed by atoms with Gasteiger partial charge in [-0.05, 0) is 131 Å². The molecule has 0 saturated carbocycles. The van der Waals surface area contributed by atoms with Crippen molar-refractivity contribution in [3.05, 3.63) is 0 Å². The summed E-state index contributed by atoms with van der Waals surface area (Å²) < 4.78 is 60.4. The third-order valence-corrected chi connectivity index (χ3v) is 46.6. The minimum absolute atomic E-state index is 0. The van der Waals surface area contributed by atoms with E-state index < -0.39 is 50.4 Å². The fraction of sp³-hybridized carbons (Fsp3) is 1.00. The molecule has 0 N–H and O–H groups in total. The van der Waals surface area contributed by atoms with E-state index in [4.69, 9.17) is 56.5 Å². The molecule has 0 aromatic heterocycles. The van der Waals surface area contributed by atoms with E-state index in [-0.39, 0.29) is 27.6 Å². The van der Waals surface area contributed by atoms with Gasteiger partial charge in [-0.3, -0.25) is 0 Å². The van der Waals surface area contributed by atoms with Gasteiger partial charge in [0.2, 0.25) is 0 Å². The van der Waals surface area contributed by atoms with Crippen LogP contribution in [-0.4, -0.2) is 194 Å². The third-order valence-electron chi connectivity index (χ3n) is 14.4. The van der Waals surface area contributed by atoms with Gasteiger partial charge in [0, 0.05) is 20.1 Å². The number of hydrogen-bond acceptors (Lipinski definition) is 11. The largest absolute Gasteiger partial charge is 0.436 e. The van der Waals surface area contributed by atoms with Gasteiger partial charge in [0.1, 0.15) is 6.54 Å². The molecule has 0 spiro atoms. The van der Waals surface area contributed by atoms with Crippen molar-refractivity contribution in [2.45, 2.75) is 201 Å². The standard InChI is InChI=1S/C25H60NO5Si3.C18H45NO2Si3.C7H15ClO3.CH4/c1-24(2,3)32(10,11)30-34(14,31-33(12,13)25(4,5)6)23-15-16-26(7,8)17-18-28-21-22-29-20-19-27-9;1-17(2,3)22(9,10)20-24(13,16-14-15-19(7)8)21-23(11,12)18(4,5)6;1-9-4-5-11-7-6-10-3-2-8;/h15-23H2,1-14H3;14-16H2,1-13H3;2-7H2,1H3;1H4/q+1;;;. The van der Waals surface area contributed by atoms with Gasteiger partial charge in [0.05, 0.1) is 86.7 Å². The van der Waals surface area contributed by atoms with Crippen LogP contribution in [0.5, 0.6) is 0 Å². The lowest BCUT2D eigenvalue weighted by atomic mass is 10.2. The SMILES string of the molecule is C.CN(C)CCC[Si](C)(O[Si](C)(C)C(C)(C)C)O[Si](C)(C)C(C)(C)C.COCCOCCOCCCl.COCCOCCOCC[N+](C)(C)CCC[Si](C)(O[Si](C)(C)C(C)(C)C)O[Si](C)(C)C(C)(C)C. The molecule has 0 saturated heterocycles. The topological polar surface area (TPSA) is 95.5 Å². The van der Waals surface area contributed by atoms with Crippen LogP contribution in [0.3, 0.4) is 0 Å². The normalized spacial score (nSPS) is 14.0. The lowest BCUT2D eigenvalue weighted by Gasteiger charge is -2.48. The quantitative estimate of drug-likeness (QED) is 0.0272. The number of rotatable bonds is 33. The van der Waals surface area contributed by atoms with Crippen LogP contribution < -0.4 is 0 Å². The van der Waals surface area contributed by atoms with Crippen LogP contribution in [0.2, 0.25) is 97.7 Å². The van der Waals surface area contributed by atoms with E-state index in [1.165, 1.54) is 0 Å². The second-order valence-corrected chi connectivity index (χ2v) is 53.5. The number of hydrogen-bond donors (Lipinski definition) is 0. The molecule has 0 heterocycles. The molecule has 19 heteroatoms. The zero-order valence-electron chi connectivity index (χ0n) is 51.1. The first-order chi connectivity index (χ1) is 30.9. The highest BCUT2D eigenvalue weighted by Gasteiger charge is 2.51. The van der Waals surface area contributed by atoms with Gasteiger partial charge in [0.15, 0.2) is 33.3 Å². The highest BCUT2D eigenvalue weighted by atomic mass is 35.5.